The van der Waals surface area contributed by atoms with Crippen LogP contribution in [-0.4, -0.2) is 42.7 Å². The molecule has 0 radical (unpaired) electrons. The van der Waals surface area contributed by atoms with Crippen LogP contribution in [0.1, 0.15) is 6.92 Å². The Labute approximate surface area is 127 Å². The Bertz CT molecular complexity index is 636. The van der Waals surface area contributed by atoms with Crippen molar-refractivity contribution in [2.24, 2.45) is 0 Å². The van der Waals surface area contributed by atoms with Gasteiger partial charge in [0.1, 0.15) is 0 Å². The smallest absolute Gasteiger partial charge is 0.419 e. The number of rotatable bonds is 3. The number of aliphatic carboxylic acids is 1. The molecule has 2 rings (SSSR count). The molecule has 5 nitrogen and oxygen atoms in total. The number of alkyl halides is 3. The maximum atomic E-state index is 13.7. The van der Waals surface area contributed by atoms with E-state index in [4.69, 9.17) is 5.11 Å². The molecule has 0 bridgehead atoms. The van der Waals surface area contributed by atoms with Gasteiger partial charge >= 0.3 is 12.1 Å². The summed E-state index contributed by atoms with van der Waals surface area (Å²) in [5, 5.41) is 9.09. The Balaban J connectivity index is 2.53. The number of carbonyl (C=O) groups is 1. The molecule has 1 aromatic rings. The summed E-state index contributed by atoms with van der Waals surface area (Å²) < 4.78 is 75.5. The van der Waals surface area contributed by atoms with E-state index in [2.05, 4.69) is 9.47 Å². The van der Waals surface area contributed by atoms with Crippen molar-refractivity contribution in [3.8, 4) is 5.75 Å². The minimum Gasteiger partial charge on any atom is -0.491 e. The van der Waals surface area contributed by atoms with Crippen molar-refractivity contribution in [1.29, 1.82) is 0 Å². The normalized spacial score (nSPS) is 24.8. The molecule has 10 heteroatoms. The predicted octanol–water partition coefficient (Wildman–Crippen LogP) is 2.54. The number of carboxylic acid groups (broad SMARTS) is 1. The Morgan fingerprint density at radius 2 is 2.04 bits per heavy atom. The van der Waals surface area contributed by atoms with Crippen molar-refractivity contribution in [2.75, 3.05) is 18.6 Å². The number of carboxylic acids is 1. The average molecular weight is 341 g/mol. The number of benzene rings is 1. The number of halogens is 5. The molecule has 128 valence electrons. The van der Waals surface area contributed by atoms with Crippen molar-refractivity contribution in [1.82, 2.24) is 0 Å². The number of hydrogen-bond donors (Lipinski definition) is 1. The molecule has 1 aliphatic heterocycles. The van der Waals surface area contributed by atoms with Crippen molar-refractivity contribution in [2.45, 2.75) is 24.9 Å². The SMILES string of the molecule is COc1c(N2C[C@](C)(C(F)(F)F)O[C@H]2C(=O)O)ccc(F)c1F. The molecule has 1 aromatic carbocycles. The molecule has 1 heterocycles. The Morgan fingerprint density at radius 3 is 2.52 bits per heavy atom. The van der Waals surface area contributed by atoms with E-state index in [1.807, 2.05) is 0 Å². The van der Waals surface area contributed by atoms with Gasteiger partial charge in [-0.3, -0.25) is 0 Å². The van der Waals surface area contributed by atoms with Crippen LogP contribution >= 0.6 is 0 Å². The van der Waals surface area contributed by atoms with Crippen LogP contribution in [0.5, 0.6) is 5.75 Å². The van der Waals surface area contributed by atoms with Gasteiger partial charge in [-0.1, -0.05) is 0 Å². The number of ether oxygens (including phenoxy) is 2. The van der Waals surface area contributed by atoms with Gasteiger partial charge in [0.2, 0.25) is 12.0 Å². The molecule has 2 atom stereocenters. The Kier molecular flexibility index (Phi) is 4.14. The first kappa shape index (κ1) is 17.3. The van der Waals surface area contributed by atoms with Crippen molar-refractivity contribution < 1.29 is 41.3 Å². The van der Waals surface area contributed by atoms with Crippen LogP contribution in [0.25, 0.3) is 0 Å². The van der Waals surface area contributed by atoms with Crippen LogP contribution in [0.3, 0.4) is 0 Å². The highest BCUT2D eigenvalue weighted by Gasteiger charge is 2.61. The number of anilines is 1. The van der Waals surface area contributed by atoms with E-state index in [9.17, 15) is 26.7 Å². The molecular weight excluding hydrogens is 329 g/mol. The molecule has 1 aliphatic rings. The summed E-state index contributed by atoms with van der Waals surface area (Å²) in [5.41, 5.74) is -3.14. The predicted molar refractivity (Wildman–Crippen MR) is 67.2 cm³/mol. The third kappa shape index (κ3) is 2.78. The second-order valence-electron chi connectivity index (χ2n) is 5.08. The summed E-state index contributed by atoms with van der Waals surface area (Å²) >= 11 is 0. The van der Waals surface area contributed by atoms with Gasteiger partial charge in [-0.25, -0.2) is 9.18 Å². The lowest BCUT2D eigenvalue weighted by Gasteiger charge is -2.26. The highest BCUT2D eigenvalue weighted by Crippen LogP contribution is 2.44. The number of hydrogen-bond acceptors (Lipinski definition) is 4. The summed E-state index contributed by atoms with van der Waals surface area (Å²) in [6.45, 7) is -0.246. The highest BCUT2D eigenvalue weighted by atomic mass is 19.4. The van der Waals surface area contributed by atoms with Gasteiger partial charge in [-0.2, -0.15) is 17.6 Å². The molecular formula is C13H12F5NO4. The summed E-state index contributed by atoms with van der Waals surface area (Å²) in [7, 11) is 0.983. The quantitative estimate of drug-likeness (QED) is 0.857. The van der Waals surface area contributed by atoms with Crippen molar-refractivity contribution in [3.63, 3.8) is 0 Å². The lowest BCUT2D eigenvalue weighted by molar-refractivity contribution is -0.259. The van der Waals surface area contributed by atoms with Crippen LogP contribution in [-0.2, 0) is 9.53 Å². The van der Waals surface area contributed by atoms with Crippen LogP contribution in [0, 0.1) is 11.6 Å². The van der Waals surface area contributed by atoms with Gasteiger partial charge in [0.05, 0.1) is 19.3 Å². The van der Waals surface area contributed by atoms with Gasteiger partial charge in [-0.05, 0) is 19.1 Å². The molecule has 0 unspecified atom stereocenters. The van der Waals surface area contributed by atoms with E-state index < -0.39 is 47.9 Å². The monoisotopic (exact) mass is 341 g/mol. The van der Waals surface area contributed by atoms with Crippen LogP contribution in [0.4, 0.5) is 27.6 Å². The van der Waals surface area contributed by atoms with Gasteiger partial charge in [-0.15, -0.1) is 0 Å². The van der Waals surface area contributed by atoms with Gasteiger partial charge in [0.15, 0.2) is 17.2 Å². The van der Waals surface area contributed by atoms with Crippen LogP contribution in [0.2, 0.25) is 0 Å². The first-order chi connectivity index (χ1) is 10.5. The van der Waals surface area contributed by atoms with E-state index in [1.165, 1.54) is 0 Å². The van der Waals surface area contributed by atoms with Gasteiger partial charge in [0.25, 0.3) is 0 Å². The fourth-order valence-corrected chi connectivity index (χ4v) is 2.25. The van der Waals surface area contributed by atoms with Gasteiger partial charge < -0.3 is 19.5 Å². The highest BCUT2D eigenvalue weighted by molar-refractivity contribution is 5.79. The molecule has 0 saturated carbocycles. The topological polar surface area (TPSA) is 59.0 Å². The fraction of sp³-hybridized carbons (Fsp3) is 0.462. The molecule has 1 saturated heterocycles. The molecule has 0 spiro atoms. The molecule has 23 heavy (non-hydrogen) atoms. The van der Waals surface area contributed by atoms with E-state index in [0.717, 1.165) is 13.2 Å². The first-order valence-corrected chi connectivity index (χ1v) is 6.28. The summed E-state index contributed by atoms with van der Waals surface area (Å²) in [6, 6.07) is 1.59. The Hall–Kier alpha value is -2.10. The zero-order valence-electron chi connectivity index (χ0n) is 11.9. The maximum Gasteiger partial charge on any atom is 0.419 e. The van der Waals surface area contributed by atoms with E-state index in [1.54, 1.807) is 0 Å². The minimum absolute atomic E-state index is 0.355. The third-order valence-corrected chi connectivity index (χ3v) is 3.48. The Morgan fingerprint density at radius 1 is 1.43 bits per heavy atom. The van der Waals surface area contributed by atoms with Crippen molar-refractivity contribution >= 4 is 11.7 Å². The first-order valence-electron chi connectivity index (χ1n) is 6.28. The standard InChI is InChI=1S/C13H12F5NO4/c1-12(13(16,17)18)5-19(10(23-12)11(20)21)7-4-3-6(14)8(15)9(7)22-2/h3-4,10H,5H2,1-2H3,(H,20,21)/t10-,12+/m0/s1. The zero-order chi connectivity index (χ0) is 17.6. The number of methoxy groups -OCH3 is 1. The summed E-state index contributed by atoms with van der Waals surface area (Å²) in [5.74, 6) is -5.12. The molecule has 0 aromatic heterocycles. The lowest BCUT2D eigenvalue weighted by atomic mass is 10.1. The van der Waals surface area contributed by atoms with E-state index in [-0.39, 0.29) is 5.69 Å². The average Bonchev–Trinajstić information content (AvgIpc) is 2.81. The zero-order valence-corrected chi connectivity index (χ0v) is 11.9. The molecule has 1 N–H and O–H groups in total. The van der Waals surface area contributed by atoms with Crippen LogP contribution < -0.4 is 9.64 Å². The molecule has 1 fully saturated rings. The second-order valence-corrected chi connectivity index (χ2v) is 5.08. The van der Waals surface area contributed by atoms with Crippen molar-refractivity contribution in [3.05, 3.63) is 23.8 Å². The van der Waals surface area contributed by atoms with Crippen LogP contribution in [0.15, 0.2) is 12.1 Å². The van der Waals surface area contributed by atoms with E-state index >= 15 is 0 Å². The number of nitrogens with zero attached hydrogens (tertiary/aromatic N) is 1. The summed E-state index contributed by atoms with van der Waals surface area (Å²) in [6.07, 6.45) is -6.89. The van der Waals surface area contributed by atoms with E-state index in [0.29, 0.717) is 17.9 Å². The minimum atomic E-state index is -4.86. The molecule has 0 amide bonds. The van der Waals surface area contributed by atoms with Gasteiger partial charge in [0, 0.05) is 0 Å². The largest absolute Gasteiger partial charge is 0.491 e. The maximum absolute atomic E-state index is 13.7. The molecule has 0 aliphatic carbocycles. The second kappa shape index (κ2) is 5.52. The fourth-order valence-electron chi connectivity index (χ4n) is 2.25. The summed E-state index contributed by atoms with van der Waals surface area (Å²) in [4.78, 5) is 11.9. The lowest BCUT2D eigenvalue weighted by Crippen LogP contribution is -2.46. The third-order valence-electron chi connectivity index (χ3n) is 3.48.